The van der Waals surface area contributed by atoms with Crippen LogP contribution in [0.25, 0.3) is 0 Å². The van der Waals surface area contributed by atoms with Crippen molar-refractivity contribution in [2.75, 3.05) is 42.5 Å². The number of nitrogens with one attached hydrogen (secondary N) is 1. The van der Waals surface area contributed by atoms with Gasteiger partial charge in [0.1, 0.15) is 40.4 Å². The molecule has 0 bridgehead atoms. The molecule has 0 unspecified atom stereocenters. The Hall–Kier alpha value is -4.91. The fourth-order valence-electron chi connectivity index (χ4n) is 5.92. The van der Waals surface area contributed by atoms with Crippen LogP contribution in [0.3, 0.4) is 0 Å². The van der Waals surface area contributed by atoms with Crippen LogP contribution >= 0.6 is 11.3 Å². The summed E-state index contributed by atoms with van der Waals surface area (Å²) >= 11 is 1.43. The molecule has 12 nitrogen and oxygen atoms in total. The van der Waals surface area contributed by atoms with E-state index in [0.717, 1.165) is 16.1 Å². The van der Waals surface area contributed by atoms with Crippen LogP contribution in [0.15, 0.2) is 71.9 Å². The number of carbonyl (C=O) groups excluding carboxylic acids is 4. The molecule has 2 aromatic carbocycles. The van der Waals surface area contributed by atoms with Crippen LogP contribution in [0.4, 0.5) is 0 Å². The molecule has 1 N–H and O–H groups in total. The van der Waals surface area contributed by atoms with Crippen molar-refractivity contribution in [2.45, 2.75) is 71.1 Å². The number of hydrogen-bond acceptors (Lipinski definition) is 9. The highest BCUT2D eigenvalue weighted by atomic mass is 32.1. The molecule has 4 atom stereocenters. The first-order valence-electron chi connectivity index (χ1n) is 17.3. The summed E-state index contributed by atoms with van der Waals surface area (Å²) in [6, 6.07) is 11.4. The van der Waals surface area contributed by atoms with Gasteiger partial charge in [-0.1, -0.05) is 45.0 Å². The zero-order valence-electron chi connectivity index (χ0n) is 31.9. The van der Waals surface area contributed by atoms with Gasteiger partial charge in [-0.3, -0.25) is 19.2 Å². The zero-order chi connectivity index (χ0) is 38.5. The summed E-state index contributed by atoms with van der Waals surface area (Å²) in [6.07, 6.45) is 3.95. The van der Waals surface area contributed by atoms with E-state index in [1.165, 1.54) is 39.2 Å². The lowest BCUT2D eigenvalue weighted by atomic mass is 9.96. The summed E-state index contributed by atoms with van der Waals surface area (Å²) < 4.78 is 15.9. The van der Waals surface area contributed by atoms with Crippen molar-refractivity contribution < 1.29 is 33.4 Å². The van der Waals surface area contributed by atoms with Gasteiger partial charge in [-0.25, -0.2) is 4.98 Å². The average Bonchev–Trinajstić information content (AvgIpc) is 3.70. The third-order valence-corrected chi connectivity index (χ3v) is 10.1. The second-order valence-corrected chi connectivity index (χ2v) is 13.9. The van der Waals surface area contributed by atoms with Gasteiger partial charge in [-0.05, 0) is 48.2 Å². The Morgan fingerprint density at radius 1 is 0.788 bits per heavy atom. The Kier molecular flexibility index (Phi) is 15.7. The van der Waals surface area contributed by atoms with E-state index >= 15 is 0 Å². The molecule has 282 valence electrons. The lowest BCUT2D eigenvalue weighted by Gasteiger charge is -2.39. The molecule has 0 fully saturated rings. The molecule has 1 heterocycles. The predicted molar refractivity (Wildman–Crippen MR) is 202 cm³/mol. The van der Waals surface area contributed by atoms with Crippen molar-refractivity contribution in [3.05, 3.63) is 88.1 Å². The fourth-order valence-corrected chi connectivity index (χ4v) is 6.56. The number of benzene rings is 2. The average molecular weight is 736 g/mol. The molecule has 0 saturated heterocycles. The van der Waals surface area contributed by atoms with Crippen molar-refractivity contribution in [3.63, 3.8) is 0 Å². The Morgan fingerprint density at radius 3 is 1.77 bits per heavy atom. The van der Waals surface area contributed by atoms with Gasteiger partial charge in [0.25, 0.3) is 0 Å². The molecule has 13 heteroatoms. The standard InChI is InChI=1S/C39H53N5O7S/c1-11-29(49-8)24-34(45)42(5)33(23-28-14-18-31(51-10)19-15-28)38(47)44(7)35(25(2)3)39(48)43(6)32(22-27-12-16-30(50-9)17-13-27)36(46)41-26(4)37-40-20-21-52-37/h12-21,24-26,32-33,35H,11,22-23H2,1-10H3,(H,41,46)/t26-,32-,33-,35-/m0/s1. The van der Waals surface area contributed by atoms with Crippen molar-refractivity contribution in [3.8, 4) is 11.5 Å². The number of ether oxygens (including phenoxy) is 3. The van der Waals surface area contributed by atoms with Crippen LogP contribution in [-0.4, -0.2) is 104 Å². The first-order chi connectivity index (χ1) is 24.8. The third kappa shape index (κ3) is 10.8. The smallest absolute Gasteiger partial charge is 0.250 e. The summed E-state index contributed by atoms with van der Waals surface area (Å²) in [5.41, 5.74) is 1.62. The zero-order valence-corrected chi connectivity index (χ0v) is 32.7. The van der Waals surface area contributed by atoms with E-state index in [9.17, 15) is 19.2 Å². The molecule has 0 aliphatic heterocycles. The summed E-state index contributed by atoms with van der Waals surface area (Å²) in [5, 5.41) is 5.61. The monoisotopic (exact) mass is 735 g/mol. The molecular weight excluding hydrogens is 683 g/mol. The summed E-state index contributed by atoms with van der Waals surface area (Å²) in [6.45, 7) is 7.42. The summed E-state index contributed by atoms with van der Waals surface area (Å²) in [4.78, 5) is 65.1. The first-order valence-corrected chi connectivity index (χ1v) is 18.1. The van der Waals surface area contributed by atoms with Gasteiger partial charge >= 0.3 is 0 Å². The van der Waals surface area contributed by atoms with E-state index in [-0.39, 0.29) is 30.7 Å². The van der Waals surface area contributed by atoms with Gasteiger partial charge in [-0.2, -0.15) is 0 Å². The normalized spacial score (nSPS) is 13.7. The van der Waals surface area contributed by atoms with Gasteiger partial charge in [0.2, 0.25) is 23.6 Å². The third-order valence-electron chi connectivity index (χ3n) is 9.12. The fraction of sp³-hybridized carbons (Fsp3) is 0.462. The number of methoxy groups -OCH3 is 3. The molecule has 0 spiro atoms. The molecule has 0 aliphatic rings. The van der Waals surface area contributed by atoms with Gasteiger partial charge in [0.05, 0.1) is 27.4 Å². The Balaban J connectivity index is 1.98. The van der Waals surface area contributed by atoms with E-state index in [4.69, 9.17) is 14.2 Å². The minimum atomic E-state index is -0.964. The largest absolute Gasteiger partial charge is 0.501 e. The molecule has 52 heavy (non-hydrogen) atoms. The SMILES string of the molecule is CCC(=CC(=O)N(C)[C@@H](Cc1ccc(OC)cc1)C(=O)N(C)[C@H](C(=O)N(C)[C@@H](Cc1ccc(OC)cc1)C(=O)N[C@@H](C)c1nccs1)C(C)C)OC. The highest BCUT2D eigenvalue weighted by Gasteiger charge is 2.40. The molecule has 3 rings (SSSR count). The molecule has 0 aliphatic carbocycles. The number of carbonyl (C=O) groups is 4. The number of amides is 4. The van der Waals surface area contributed by atoms with Crippen LogP contribution in [0, 0.1) is 5.92 Å². The van der Waals surface area contributed by atoms with Crippen molar-refractivity contribution in [1.29, 1.82) is 0 Å². The minimum absolute atomic E-state index is 0.184. The molecule has 3 aromatic rings. The number of rotatable bonds is 18. The van der Waals surface area contributed by atoms with Crippen molar-refractivity contribution >= 4 is 35.0 Å². The van der Waals surface area contributed by atoms with Crippen LogP contribution in [0.5, 0.6) is 11.5 Å². The lowest BCUT2D eigenvalue weighted by Crippen LogP contribution is -2.59. The second-order valence-electron chi connectivity index (χ2n) is 12.9. The van der Waals surface area contributed by atoms with E-state index in [2.05, 4.69) is 10.3 Å². The molecule has 0 saturated carbocycles. The van der Waals surface area contributed by atoms with E-state index in [1.54, 1.807) is 65.8 Å². The number of allylic oxidation sites excluding steroid dienone is 1. The van der Waals surface area contributed by atoms with Crippen LogP contribution < -0.4 is 14.8 Å². The van der Waals surface area contributed by atoms with E-state index < -0.39 is 35.8 Å². The van der Waals surface area contributed by atoms with Crippen molar-refractivity contribution in [1.82, 2.24) is 25.0 Å². The number of likely N-dealkylation sites (N-methyl/N-ethyl adjacent to an activating group) is 3. The summed E-state index contributed by atoms with van der Waals surface area (Å²) in [5.74, 6) is -0.141. The van der Waals surface area contributed by atoms with Crippen molar-refractivity contribution in [2.24, 2.45) is 5.92 Å². The van der Waals surface area contributed by atoms with E-state index in [1.807, 2.05) is 57.3 Å². The lowest BCUT2D eigenvalue weighted by molar-refractivity contribution is -0.152. The first kappa shape index (κ1) is 41.5. The quantitative estimate of drug-likeness (QED) is 0.144. The van der Waals surface area contributed by atoms with Gasteiger partial charge in [0, 0.05) is 58.1 Å². The maximum atomic E-state index is 14.6. The topological polar surface area (TPSA) is 131 Å². The minimum Gasteiger partial charge on any atom is -0.501 e. The predicted octanol–water partition coefficient (Wildman–Crippen LogP) is 4.90. The summed E-state index contributed by atoms with van der Waals surface area (Å²) in [7, 11) is 9.37. The number of nitrogens with zero attached hydrogens (tertiary/aromatic N) is 4. The molecule has 4 amide bonds. The Labute approximate surface area is 311 Å². The number of hydrogen-bond donors (Lipinski definition) is 1. The number of thiazole rings is 1. The van der Waals surface area contributed by atoms with Gasteiger partial charge < -0.3 is 34.2 Å². The van der Waals surface area contributed by atoms with Gasteiger partial charge in [-0.15, -0.1) is 11.3 Å². The van der Waals surface area contributed by atoms with E-state index in [0.29, 0.717) is 23.7 Å². The van der Waals surface area contributed by atoms with Crippen LogP contribution in [0.1, 0.15) is 56.3 Å². The molecule has 1 aromatic heterocycles. The Bertz CT molecular complexity index is 1640. The Morgan fingerprint density at radius 2 is 1.33 bits per heavy atom. The highest BCUT2D eigenvalue weighted by Crippen LogP contribution is 2.23. The van der Waals surface area contributed by atoms with Crippen LogP contribution in [-0.2, 0) is 36.8 Å². The highest BCUT2D eigenvalue weighted by molar-refractivity contribution is 7.09. The maximum absolute atomic E-state index is 14.6. The second kappa shape index (κ2) is 19.6. The maximum Gasteiger partial charge on any atom is 0.250 e. The number of aromatic nitrogens is 1. The van der Waals surface area contributed by atoms with Crippen LogP contribution in [0.2, 0.25) is 0 Å². The molecule has 0 radical (unpaired) electrons. The molecular formula is C39H53N5O7S. The van der Waals surface area contributed by atoms with Gasteiger partial charge in [0.15, 0.2) is 0 Å².